The van der Waals surface area contributed by atoms with Crippen molar-refractivity contribution in [2.24, 2.45) is 0 Å². The largest absolute Gasteiger partial charge is 0.465 e. The Bertz CT molecular complexity index is 453. The molecule has 0 aliphatic carbocycles. The molecule has 0 N–H and O–H groups in total. The van der Waals surface area contributed by atoms with E-state index in [0.29, 0.717) is 6.20 Å². The normalized spacial score (nSPS) is 13.2. The second-order valence-corrected chi connectivity index (χ2v) is 4.53. The lowest BCUT2D eigenvalue weighted by Crippen LogP contribution is -2.14. The van der Waals surface area contributed by atoms with Crippen LogP contribution in [0.5, 0.6) is 0 Å². The minimum absolute atomic E-state index is 0.0110. The number of carbonyl (C=O) groups is 1. The van der Waals surface area contributed by atoms with E-state index < -0.39 is 22.5 Å². The fraction of sp³-hybridized carbons (Fsp3) is 0.400. The Balaban J connectivity index is 3.02. The van der Waals surface area contributed by atoms with Gasteiger partial charge in [0.25, 0.3) is 0 Å². The van der Waals surface area contributed by atoms with Crippen molar-refractivity contribution >= 4 is 33.5 Å². The minimum atomic E-state index is -4.53. The standard InChI is InChI=1S/C10H8BrClF3NO2/c1-2-18-9(17)7(11)8-6(12)3-5(4-16-8)10(13,14)15/h3-4,7H,2H2,1H3/t7-/m0/s1. The Kier molecular flexibility index (Phi) is 4.98. The van der Waals surface area contributed by atoms with Crippen molar-refractivity contribution in [1.29, 1.82) is 0 Å². The van der Waals surface area contributed by atoms with Crippen molar-refractivity contribution in [3.05, 3.63) is 28.5 Å². The maximum atomic E-state index is 12.4. The van der Waals surface area contributed by atoms with Crippen LogP contribution in [0.15, 0.2) is 12.3 Å². The van der Waals surface area contributed by atoms with Gasteiger partial charge in [0.1, 0.15) is 0 Å². The van der Waals surface area contributed by atoms with E-state index in [0.717, 1.165) is 6.07 Å². The average Bonchev–Trinajstić information content (AvgIpc) is 2.27. The Morgan fingerprint density at radius 2 is 2.22 bits per heavy atom. The first-order chi connectivity index (χ1) is 8.27. The summed E-state index contributed by atoms with van der Waals surface area (Å²) >= 11 is 8.65. The van der Waals surface area contributed by atoms with Gasteiger partial charge in [-0.3, -0.25) is 9.78 Å². The maximum absolute atomic E-state index is 12.4. The zero-order valence-electron chi connectivity index (χ0n) is 9.09. The number of halogens is 5. The fourth-order valence-electron chi connectivity index (χ4n) is 1.12. The van der Waals surface area contributed by atoms with Crippen LogP contribution in [0.4, 0.5) is 13.2 Å². The Morgan fingerprint density at radius 3 is 2.67 bits per heavy atom. The number of hydrogen-bond donors (Lipinski definition) is 0. The highest BCUT2D eigenvalue weighted by atomic mass is 79.9. The molecule has 0 saturated carbocycles. The number of alkyl halides is 4. The van der Waals surface area contributed by atoms with Gasteiger partial charge in [-0.05, 0) is 13.0 Å². The predicted octanol–water partition coefficient (Wildman–Crippen LogP) is 3.75. The molecule has 1 rings (SSSR count). The summed E-state index contributed by atoms with van der Waals surface area (Å²) in [5.41, 5.74) is -0.983. The van der Waals surface area contributed by atoms with Gasteiger partial charge in [0, 0.05) is 6.20 Å². The van der Waals surface area contributed by atoms with Crippen molar-refractivity contribution < 1.29 is 22.7 Å². The minimum Gasteiger partial charge on any atom is -0.465 e. The molecule has 0 bridgehead atoms. The molecule has 0 aliphatic rings. The zero-order chi connectivity index (χ0) is 13.9. The van der Waals surface area contributed by atoms with Crippen LogP contribution >= 0.6 is 27.5 Å². The summed E-state index contributed by atoms with van der Waals surface area (Å²) in [4.78, 5) is 13.9. The third-order valence-corrected chi connectivity index (χ3v) is 3.04. The van der Waals surface area contributed by atoms with Gasteiger partial charge >= 0.3 is 12.1 Å². The quantitative estimate of drug-likeness (QED) is 0.618. The summed E-state index contributed by atoms with van der Waals surface area (Å²) in [6, 6.07) is 0.720. The van der Waals surface area contributed by atoms with E-state index in [9.17, 15) is 18.0 Å². The fourth-order valence-corrected chi connectivity index (χ4v) is 2.02. The van der Waals surface area contributed by atoms with E-state index in [-0.39, 0.29) is 17.3 Å². The Morgan fingerprint density at radius 1 is 1.61 bits per heavy atom. The third-order valence-electron chi connectivity index (χ3n) is 1.93. The number of nitrogens with zero attached hydrogens (tertiary/aromatic N) is 1. The van der Waals surface area contributed by atoms with Crippen LogP contribution in [-0.2, 0) is 15.7 Å². The lowest BCUT2D eigenvalue weighted by atomic mass is 10.2. The number of aromatic nitrogens is 1. The number of esters is 1. The van der Waals surface area contributed by atoms with Crippen molar-refractivity contribution in [1.82, 2.24) is 4.98 Å². The van der Waals surface area contributed by atoms with Crippen molar-refractivity contribution in [2.75, 3.05) is 6.61 Å². The Hall–Kier alpha value is -0.820. The molecule has 1 atom stereocenters. The molecule has 3 nitrogen and oxygen atoms in total. The average molecular weight is 347 g/mol. The first-order valence-electron chi connectivity index (χ1n) is 4.80. The molecule has 100 valence electrons. The van der Waals surface area contributed by atoms with E-state index in [1.165, 1.54) is 0 Å². The van der Waals surface area contributed by atoms with Gasteiger partial charge in [-0.1, -0.05) is 27.5 Å². The van der Waals surface area contributed by atoms with Gasteiger partial charge in [-0.15, -0.1) is 0 Å². The van der Waals surface area contributed by atoms with E-state index in [2.05, 4.69) is 20.9 Å². The van der Waals surface area contributed by atoms with E-state index in [1.54, 1.807) is 6.92 Å². The van der Waals surface area contributed by atoms with Crippen LogP contribution < -0.4 is 0 Å². The second kappa shape index (κ2) is 5.88. The molecule has 0 fully saturated rings. The predicted molar refractivity (Wildman–Crippen MR) is 62.6 cm³/mol. The van der Waals surface area contributed by atoms with Crippen LogP contribution in [-0.4, -0.2) is 17.6 Å². The molecule has 0 aromatic carbocycles. The molecule has 1 heterocycles. The SMILES string of the molecule is CCOC(=O)[C@@H](Br)c1ncc(C(F)(F)F)cc1Cl. The molecule has 0 amide bonds. The number of hydrogen-bond acceptors (Lipinski definition) is 3. The van der Waals surface area contributed by atoms with Gasteiger partial charge in [0.2, 0.25) is 0 Å². The molecule has 1 aromatic heterocycles. The first kappa shape index (κ1) is 15.2. The molecular formula is C10H8BrClF3NO2. The summed E-state index contributed by atoms with van der Waals surface area (Å²) in [5.74, 6) is -0.661. The monoisotopic (exact) mass is 345 g/mol. The number of ether oxygens (including phenoxy) is 1. The van der Waals surface area contributed by atoms with E-state index >= 15 is 0 Å². The summed E-state index contributed by atoms with van der Waals surface area (Å²) in [7, 11) is 0. The molecular weight excluding hydrogens is 338 g/mol. The topological polar surface area (TPSA) is 39.2 Å². The maximum Gasteiger partial charge on any atom is 0.417 e. The third kappa shape index (κ3) is 3.58. The number of pyridine rings is 1. The van der Waals surface area contributed by atoms with E-state index in [4.69, 9.17) is 16.3 Å². The number of carbonyl (C=O) groups excluding carboxylic acids is 1. The highest BCUT2D eigenvalue weighted by Gasteiger charge is 2.33. The molecule has 0 aliphatic heterocycles. The molecule has 8 heteroatoms. The second-order valence-electron chi connectivity index (χ2n) is 3.20. The zero-order valence-corrected chi connectivity index (χ0v) is 11.4. The molecule has 0 saturated heterocycles. The van der Waals surface area contributed by atoms with E-state index in [1.807, 2.05) is 0 Å². The Labute approximate surface area is 114 Å². The van der Waals surface area contributed by atoms with Crippen molar-refractivity contribution in [2.45, 2.75) is 17.9 Å². The summed E-state index contributed by atoms with van der Waals surface area (Å²) in [5, 5.41) is -0.250. The molecule has 0 radical (unpaired) electrons. The lowest BCUT2D eigenvalue weighted by molar-refractivity contribution is -0.142. The van der Waals surface area contributed by atoms with Crippen LogP contribution in [0.3, 0.4) is 0 Å². The van der Waals surface area contributed by atoms with Crippen LogP contribution in [0.2, 0.25) is 5.02 Å². The molecule has 0 unspecified atom stereocenters. The smallest absolute Gasteiger partial charge is 0.417 e. The molecule has 18 heavy (non-hydrogen) atoms. The molecule has 0 spiro atoms. The van der Waals surface area contributed by atoms with Crippen LogP contribution in [0, 0.1) is 0 Å². The summed E-state index contributed by atoms with van der Waals surface area (Å²) < 4.78 is 41.8. The van der Waals surface area contributed by atoms with Crippen molar-refractivity contribution in [3.8, 4) is 0 Å². The van der Waals surface area contributed by atoms with Gasteiger partial charge < -0.3 is 4.74 Å². The summed E-state index contributed by atoms with van der Waals surface area (Å²) in [6.07, 6.45) is -3.91. The van der Waals surface area contributed by atoms with Gasteiger partial charge in [-0.2, -0.15) is 13.2 Å². The highest BCUT2D eigenvalue weighted by Crippen LogP contribution is 2.34. The summed E-state index contributed by atoms with van der Waals surface area (Å²) in [6.45, 7) is 1.76. The first-order valence-corrected chi connectivity index (χ1v) is 6.10. The van der Waals surface area contributed by atoms with Crippen molar-refractivity contribution in [3.63, 3.8) is 0 Å². The van der Waals surface area contributed by atoms with Gasteiger partial charge in [0.05, 0.1) is 22.9 Å². The van der Waals surface area contributed by atoms with Crippen LogP contribution in [0.1, 0.15) is 23.0 Å². The van der Waals surface area contributed by atoms with Gasteiger partial charge in [0.15, 0.2) is 4.83 Å². The number of rotatable bonds is 3. The lowest BCUT2D eigenvalue weighted by Gasteiger charge is -2.12. The molecule has 1 aromatic rings. The van der Waals surface area contributed by atoms with Crippen LogP contribution in [0.25, 0.3) is 0 Å². The highest BCUT2D eigenvalue weighted by molar-refractivity contribution is 9.09. The van der Waals surface area contributed by atoms with Gasteiger partial charge in [-0.25, -0.2) is 0 Å².